The van der Waals surface area contributed by atoms with Crippen molar-refractivity contribution >= 4 is 52.0 Å². The summed E-state index contributed by atoms with van der Waals surface area (Å²) in [5.41, 5.74) is 9.26. The Hall–Kier alpha value is -5.65. The van der Waals surface area contributed by atoms with Crippen LogP contribution in [0.15, 0.2) is 54.6 Å². The number of urea groups is 1. The highest BCUT2D eigenvalue weighted by atomic mass is 32.1. The van der Waals surface area contributed by atoms with Crippen molar-refractivity contribution in [3.63, 3.8) is 0 Å². The van der Waals surface area contributed by atoms with Gasteiger partial charge in [0.2, 0.25) is 11.8 Å². The van der Waals surface area contributed by atoms with Gasteiger partial charge in [-0.1, -0.05) is 40.3 Å². The van der Waals surface area contributed by atoms with Crippen LogP contribution >= 0.6 is 11.3 Å². The molecule has 0 radical (unpaired) electrons. The van der Waals surface area contributed by atoms with Gasteiger partial charge in [0.1, 0.15) is 18.1 Å². The van der Waals surface area contributed by atoms with Gasteiger partial charge in [0, 0.05) is 98.9 Å². The van der Waals surface area contributed by atoms with E-state index in [1.165, 1.54) is 27.3 Å². The summed E-state index contributed by atoms with van der Waals surface area (Å²) in [5, 5.41) is 8.11. The molecule has 1 aromatic carbocycles. The van der Waals surface area contributed by atoms with Crippen molar-refractivity contribution in [1.82, 2.24) is 45.0 Å². The molecule has 7 rings (SSSR count). The lowest BCUT2D eigenvalue weighted by atomic mass is 9.84. The van der Waals surface area contributed by atoms with E-state index >= 15 is 0 Å². The number of amides is 5. The molecule has 5 heterocycles. The molecule has 1 aliphatic carbocycles. The zero-order chi connectivity index (χ0) is 48.5. The molecule has 67 heavy (non-hydrogen) atoms. The first kappa shape index (κ1) is 49.3. The molecule has 4 atom stereocenters. The van der Waals surface area contributed by atoms with Gasteiger partial charge in [0.25, 0.3) is 5.91 Å². The minimum absolute atomic E-state index is 0.0145. The Morgan fingerprint density at radius 2 is 1.84 bits per heavy atom. The first-order valence-corrected chi connectivity index (χ1v) is 24.3. The highest BCUT2D eigenvalue weighted by Gasteiger charge is 2.42. The molecule has 1 unspecified atom stereocenters. The van der Waals surface area contributed by atoms with Gasteiger partial charge < -0.3 is 34.1 Å². The Morgan fingerprint density at radius 1 is 1.10 bits per heavy atom. The van der Waals surface area contributed by atoms with E-state index in [1.807, 2.05) is 32.2 Å². The normalized spacial score (nSPS) is 21.7. The molecule has 2 fully saturated rings. The summed E-state index contributed by atoms with van der Waals surface area (Å²) in [7, 11) is 6.72. The SMILES string of the molecule is C=CC(=O)N(C)[C@H]1C[C@@H](N(C)C(=O)N(C)C(C(=O)N[C@H]2Cc3nc(cs3)-c3ccc4c(c3)c(c(-c3cccnc3[C@H](C)OC)n4CC)CC(C)(C)COC(=O)[C@@H]3CCCN(N3)C2=O)C(C)C)C1. The van der Waals surface area contributed by atoms with E-state index < -0.39 is 41.3 Å². The van der Waals surface area contributed by atoms with Crippen LogP contribution in [0.4, 0.5) is 4.79 Å². The van der Waals surface area contributed by atoms with E-state index in [1.54, 1.807) is 44.2 Å². The third kappa shape index (κ3) is 10.1. The summed E-state index contributed by atoms with van der Waals surface area (Å²) in [6.45, 7) is 16.8. The van der Waals surface area contributed by atoms with Gasteiger partial charge in [-0.2, -0.15) is 0 Å². The largest absolute Gasteiger partial charge is 0.464 e. The average Bonchev–Trinajstić information content (AvgIpc) is 3.89. The predicted molar refractivity (Wildman–Crippen MR) is 259 cm³/mol. The smallest absolute Gasteiger partial charge is 0.324 e. The van der Waals surface area contributed by atoms with Gasteiger partial charge in [0.15, 0.2) is 0 Å². The first-order chi connectivity index (χ1) is 31.9. The van der Waals surface area contributed by atoms with E-state index in [9.17, 15) is 24.0 Å². The monoisotopic (exact) mass is 937 g/mol. The maximum Gasteiger partial charge on any atom is 0.324 e. The number of esters is 1. The number of hydrogen-bond acceptors (Lipinski definition) is 11. The molecular weight excluding hydrogens is 871 g/mol. The number of nitrogens with one attached hydrogen (secondary N) is 2. The zero-order valence-corrected chi connectivity index (χ0v) is 41.4. The number of benzene rings is 1. The highest BCUT2D eigenvalue weighted by molar-refractivity contribution is 7.10. The maximum atomic E-state index is 14.7. The second-order valence-electron chi connectivity index (χ2n) is 19.4. The number of hydrazine groups is 1. The van der Waals surface area contributed by atoms with Crippen LogP contribution in [-0.4, -0.2) is 136 Å². The van der Waals surface area contributed by atoms with Crippen LogP contribution < -0.4 is 10.7 Å². The fraction of sp³-hybridized carbons (Fsp3) is 0.540. The second kappa shape index (κ2) is 20.3. The Bertz CT molecular complexity index is 2510. The van der Waals surface area contributed by atoms with E-state index in [2.05, 4.69) is 66.9 Å². The fourth-order valence-electron chi connectivity index (χ4n) is 9.79. The molecule has 5 amide bonds. The van der Waals surface area contributed by atoms with Crippen LogP contribution in [0.1, 0.15) is 89.6 Å². The number of methoxy groups -OCH3 is 1. The number of carbonyl (C=O) groups excluding carboxylic acids is 5. The van der Waals surface area contributed by atoms with Crippen molar-refractivity contribution in [3.8, 4) is 22.5 Å². The topological polar surface area (TPSA) is 172 Å². The lowest BCUT2D eigenvalue weighted by Gasteiger charge is -2.46. The third-order valence-corrected chi connectivity index (χ3v) is 14.7. The Kier molecular flexibility index (Phi) is 14.9. The molecular formula is C50H67N9O7S. The molecule has 3 aromatic heterocycles. The minimum Gasteiger partial charge on any atom is -0.464 e. The summed E-state index contributed by atoms with van der Waals surface area (Å²) in [5.74, 6) is -1.86. The van der Waals surface area contributed by atoms with Crippen LogP contribution in [0.5, 0.6) is 0 Å². The first-order valence-electron chi connectivity index (χ1n) is 23.4. The van der Waals surface area contributed by atoms with Gasteiger partial charge in [-0.05, 0) is 87.8 Å². The van der Waals surface area contributed by atoms with Gasteiger partial charge in [-0.15, -0.1) is 11.3 Å². The predicted octanol–water partition coefficient (Wildman–Crippen LogP) is 6.39. The van der Waals surface area contributed by atoms with Crippen LogP contribution in [0.25, 0.3) is 33.4 Å². The summed E-state index contributed by atoms with van der Waals surface area (Å²) in [6, 6.07) is 7.13. The number of nitrogens with zero attached hydrogens (tertiary/aromatic N) is 7. The molecule has 2 aliphatic heterocycles. The third-order valence-electron chi connectivity index (χ3n) is 13.8. The van der Waals surface area contributed by atoms with Gasteiger partial charge >= 0.3 is 12.0 Å². The average molecular weight is 938 g/mol. The fourth-order valence-corrected chi connectivity index (χ4v) is 10.6. The van der Waals surface area contributed by atoms with Crippen molar-refractivity contribution in [2.24, 2.45) is 11.3 Å². The van der Waals surface area contributed by atoms with Crippen LogP contribution in [0, 0.1) is 11.3 Å². The molecule has 6 bridgehead atoms. The Morgan fingerprint density at radius 3 is 2.52 bits per heavy atom. The lowest BCUT2D eigenvalue weighted by molar-refractivity contribution is -0.155. The zero-order valence-electron chi connectivity index (χ0n) is 40.6. The summed E-state index contributed by atoms with van der Waals surface area (Å²) in [6.07, 6.45) is 5.67. The van der Waals surface area contributed by atoms with E-state index in [4.69, 9.17) is 19.4 Å². The molecule has 16 nitrogen and oxygen atoms in total. The summed E-state index contributed by atoms with van der Waals surface area (Å²) < 4.78 is 14.2. The summed E-state index contributed by atoms with van der Waals surface area (Å²) >= 11 is 1.41. The van der Waals surface area contributed by atoms with Crippen molar-refractivity contribution in [3.05, 3.63) is 70.8 Å². The van der Waals surface area contributed by atoms with Crippen molar-refractivity contribution in [2.75, 3.05) is 41.4 Å². The molecule has 4 aromatic rings. The van der Waals surface area contributed by atoms with E-state index in [0.29, 0.717) is 50.2 Å². The van der Waals surface area contributed by atoms with Crippen LogP contribution in [0.2, 0.25) is 0 Å². The van der Waals surface area contributed by atoms with E-state index in [0.717, 1.165) is 44.7 Å². The molecule has 360 valence electrons. The number of aromatic nitrogens is 3. The molecule has 1 saturated carbocycles. The van der Waals surface area contributed by atoms with Crippen LogP contribution in [-0.2, 0) is 48.0 Å². The number of fused-ring (bicyclic) bond motifs is 6. The highest BCUT2D eigenvalue weighted by Crippen LogP contribution is 2.42. The number of hydrogen-bond donors (Lipinski definition) is 2. The number of ether oxygens (including phenoxy) is 2. The molecule has 3 aliphatic rings. The molecule has 17 heteroatoms. The lowest BCUT2D eigenvalue weighted by Crippen LogP contribution is -2.63. The number of rotatable bonds is 11. The maximum absolute atomic E-state index is 14.7. The number of aryl methyl sites for hydroxylation is 1. The number of pyridine rings is 1. The molecule has 0 spiro atoms. The Balaban J connectivity index is 1.23. The number of thiazole rings is 1. The number of likely N-dealkylation sites (N-methyl/N-ethyl adjacent to an activating group) is 2. The van der Waals surface area contributed by atoms with E-state index in [-0.39, 0.29) is 49.1 Å². The number of cyclic esters (lactones) is 1. The van der Waals surface area contributed by atoms with Crippen molar-refractivity contribution < 1.29 is 33.4 Å². The van der Waals surface area contributed by atoms with Gasteiger partial charge in [-0.25, -0.2) is 15.2 Å². The van der Waals surface area contributed by atoms with Crippen LogP contribution in [0.3, 0.4) is 0 Å². The molecule has 1 saturated heterocycles. The minimum atomic E-state index is -1.09. The van der Waals surface area contributed by atoms with Gasteiger partial charge in [0.05, 0.1) is 34.8 Å². The van der Waals surface area contributed by atoms with Gasteiger partial charge in [-0.3, -0.25) is 29.2 Å². The van der Waals surface area contributed by atoms with Crippen molar-refractivity contribution in [2.45, 2.75) is 123 Å². The Labute approximate surface area is 398 Å². The second-order valence-corrected chi connectivity index (χ2v) is 20.3. The summed E-state index contributed by atoms with van der Waals surface area (Å²) in [4.78, 5) is 83.8. The van der Waals surface area contributed by atoms with Crippen molar-refractivity contribution in [1.29, 1.82) is 0 Å². The standard InChI is InChI=1S/C50H67N9O7S/c1-12-42(60)55(8)32-23-33(24-32)56(9)49(64)57(10)44(29(3)4)46(61)53-38-25-41-52-39(27-67-41)31-18-19-40-35(22-31)36(45(58(40)13-2)34-16-14-20-51-43(34)30(5)65-11)26-50(6,7)28-66-48(63)37-17-15-21-59(54-37)47(38)62/h12,14,16,18-20,22,27,29-30,32-33,37-38,44,54H,1,13,15,17,21,23-26,28H2,2-11H3,(H,53,61)/t30-,32-,33+,37-,38-,44?/m0/s1. The quantitative estimate of drug-likeness (QED) is 0.127. The molecule has 2 N–H and O–H groups in total. The number of carbonyl (C=O) groups is 5.